The normalized spacial score (nSPS) is 14.1. The number of carbonyl (C=O) groups excluding carboxylic acids is 1. The van der Waals surface area contributed by atoms with Crippen LogP contribution in [0.1, 0.15) is 18.4 Å². The molecule has 0 atom stereocenters. The lowest BCUT2D eigenvalue weighted by Gasteiger charge is -2.12. The van der Waals surface area contributed by atoms with Crippen molar-refractivity contribution in [3.05, 3.63) is 47.5 Å². The SMILES string of the molecule is O=C(OCc1ccccc1)C1=CCC1. The summed E-state index contributed by atoms with van der Waals surface area (Å²) in [6, 6.07) is 9.71. The van der Waals surface area contributed by atoms with Crippen LogP contribution in [-0.2, 0) is 16.1 Å². The van der Waals surface area contributed by atoms with E-state index in [0.717, 1.165) is 24.0 Å². The zero-order valence-electron chi connectivity index (χ0n) is 7.90. The Bertz CT molecular complexity index is 352. The van der Waals surface area contributed by atoms with Crippen molar-refractivity contribution < 1.29 is 9.53 Å². The number of hydrogen-bond acceptors (Lipinski definition) is 2. The summed E-state index contributed by atoms with van der Waals surface area (Å²) in [6.45, 7) is 0.372. The largest absolute Gasteiger partial charge is 0.457 e. The third kappa shape index (κ3) is 2.02. The Morgan fingerprint density at radius 1 is 1.29 bits per heavy atom. The van der Waals surface area contributed by atoms with Crippen molar-refractivity contribution in [2.45, 2.75) is 19.4 Å². The monoisotopic (exact) mass is 188 g/mol. The fraction of sp³-hybridized carbons (Fsp3) is 0.250. The summed E-state index contributed by atoms with van der Waals surface area (Å²) in [7, 11) is 0. The number of benzene rings is 1. The van der Waals surface area contributed by atoms with Crippen molar-refractivity contribution >= 4 is 5.97 Å². The summed E-state index contributed by atoms with van der Waals surface area (Å²) in [5, 5.41) is 0. The smallest absolute Gasteiger partial charge is 0.334 e. The first-order valence-corrected chi connectivity index (χ1v) is 4.76. The van der Waals surface area contributed by atoms with E-state index >= 15 is 0 Å². The molecule has 1 aliphatic carbocycles. The van der Waals surface area contributed by atoms with Gasteiger partial charge in [0.1, 0.15) is 6.61 Å². The highest BCUT2D eigenvalue weighted by molar-refractivity contribution is 5.89. The third-order valence-electron chi connectivity index (χ3n) is 2.28. The van der Waals surface area contributed by atoms with E-state index in [1.165, 1.54) is 0 Å². The highest BCUT2D eigenvalue weighted by Gasteiger charge is 2.15. The lowest BCUT2D eigenvalue weighted by molar-refractivity contribution is -0.140. The molecule has 0 aliphatic heterocycles. The highest BCUT2D eigenvalue weighted by atomic mass is 16.5. The van der Waals surface area contributed by atoms with Gasteiger partial charge in [0.05, 0.1) is 0 Å². The first-order chi connectivity index (χ1) is 6.86. The van der Waals surface area contributed by atoms with Crippen molar-refractivity contribution in [1.29, 1.82) is 0 Å². The van der Waals surface area contributed by atoms with Gasteiger partial charge in [0.15, 0.2) is 0 Å². The molecule has 0 amide bonds. The van der Waals surface area contributed by atoms with E-state index < -0.39 is 0 Å². The Morgan fingerprint density at radius 2 is 2.00 bits per heavy atom. The maximum atomic E-state index is 11.3. The summed E-state index contributed by atoms with van der Waals surface area (Å²) >= 11 is 0. The minimum Gasteiger partial charge on any atom is -0.457 e. The Labute approximate surface area is 83.2 Å². The number of hydrogen-bond donors (Lipinski definition) is 0. The Balaban J connectivity index is 1.85. The van der Waals surface area contributed by atoms with E-state index in [0.29, 0.717) is 6.61 Å². The maximum absolute atomic E-state index is 11.3. The van der Waals surface area contributed by atoms with Gasteiger partial charge in [-0.25, -0.2) is 4.79 Å². The minimum atomic E-state index is -0.167. The maximum Gasteiger partial charge on any atom is 0.334 e. The molecule has 1 aromatic rings. The van der Waals surface area contributed by atoms with Gasteiger partial charge in [-0.05, 0) is 18.4 Å². The van der Waals surface area contributed by atoms with Crippen LogP contribution in [0.4, 0.5) is 0 Å². The van der Waals surface area contributed by atoms with Gasteiger partial charge in [-0.3, -0.25) is 0 Å². The lowest BCUT2D eigenvalue weighted by Crippen LogP contribution is -2.11. The van der Waals surface area contributed by atoms with Gasteiger partial charge in [-0.1, -0.05) is 36.4 Å². The molecule has 1 aliphatic rings. The summed E-state index contributed by atoms with van der Waals surface area (Å²) in [5.74, 6) is -0.167. The summed E-state index contributed by atoms with van der Waals surface area (Å²) in [5.41, 5.74) is 1.85. The molecule has 2 heteroatoms. The fourth-order valence-electron chi connectivity index (χ4n) is 1.29. The summed E-state index contributed by atoms with van der Waals surface area (Å²) < 4.78 is 5.12. The topological polar surface area (TPSA) is 26.3 Å². The molecule has 0 unspecified atom stereocenters. The zero-order chi connectivity index (χ0) is 9.80. The molecule has 0 spiro atoms. The van der Waals surface area contributed by atoms with Crippen molar-refractivity contribution in [3.8, 4) is 0 Å². The third-order valence-corrected chi connectivity index (χ3v) is 2.28. The lowest BCUT2D eigenvalue weighted by atomic mass is 10.00. The van der Waals surface area contributed by atoms with E-state index in [4.69, 9.17) is 4.74 Å². The molecule has 0 bridgehead atoms. The number of rotatable bonds is 3. The predicted octanol–water partition coefficient (Wildman–Crippen LogP) is 2.45. The molecule has 2 nitrogen and oxygen atoms in total. The van der Waals surface area contributed by atoms with Crippen LogP contribution in [-0.4, -0.2) is 5.97 Å². The van der Waals surface area contributed by atoms with E-state index in [1.807, 2.05) is 36.4 Å². The second kappa shape index (κ2) is 4.09. The average Bonchev–Trinajstić information content (AvgIpc) is 2.14. The molecule has 0 saturated heterocycles. The molecule has 2 rings (SSSR count). The molecule has 0 N–H and O–H groups in total. The standard InChI is InChI=1S/C12H12O2/c13-12(11-7-4-8-11)14-9-10-5-2-1-3-6-10/h1-3,5-7H,4,8-9H2. The van der Waals surface area contributed by atoms with Gasteiger partial charge >= 0.3 is 5.97 Å². The van der Waals surface area contributed by atoms with Gasteiger partial charge < -0.3 is 4.74 Å². The minimum absolute atomic E-state index is 0.167. The van der Waals surface area contributed by atoms with Gasteiger partial charge in [0, 0.05) is 5.57 Å². The van der Waals surface area contributed by atoms with E-state index in [2.05, 4.69) is 0 Å². The van der Waals surface area contributed by atoms with Crippen LogP contribution >= 0.6 is 0 Å². The van der Waals surface area contributed by atoms with Crippen LogP contribution in [0.25, 0.3) is 0 Å². The number of carbonyl (C=O) groups is 1. The van der Waals surface area contributed by atoms with Crippen LogP contribution in [0, 0.1) is 0 Å². The molecule has 72 valence electrons. The molecule has 14 heavy (non-hydrogen) atoms. The van der Waals surface area contributed by atoms with Crippen molar-refractivity contribution in [1.82, 2.24) is 0 Å². The molecular weight excluding hydrogens is 176 g/mol. The quantitative estimate of drug-likeness (QED) is 0.681. The number of ether oxygens (including phenoxy) is 1. The van der Waals surface area contributed by atoms with Crippen LogP contribution in [0.15, 0.2) is 42.0 Å². The van der Waals surface area contributed by atoms with Crippen LogP contribution in [0.5, 0.6) is 0 Å². The van der Waals surface area contributed by atoms with Crippen LogP contribution in [0.3, 0.4) is 0 Å². The fourth-order valence-corrected chi connectivity index (χ4v) is 1.29. The van der Waals surface area contributed by atoms with Gasteiger partial charge in [0.25, 0.3) is 0 Å². The molecule has 1 aromatic carbocycles. The van der Waals surface area contributed by atoms with Crippen molar-refractivity contribution in [2.75, 3.05) is 0 Å². The Morgan fingerprint density at radius 3 is 2.57 bits per heavy atom. The van der Waals surface area contributed by atoms with Crippen molar-refractivity contribution in [2.24, 2.45) is 0 Å². The predicted molar refractivity (Wildman–Crippen MR) is 53.6 cm³/mol. The van der Waals surface area contributed by atoms with Gasteiger partial charge in [-0.2, -0.15) is 0 Å². The molecule has 0 heterocycles. The highest BCUT2D eigenvalue weighted by Crippen LogP contribution is 2.19. The van der Waals surface area contributed by atoms with Crippen molar-refractivity contribution in [3.63, 3.8) is 0 Å². The van der Waals surface area contributed by atoms with E-state index in [1.54, 1.807) is 0 Å². The second-order valence-electron chi connectivity index (χ2n) is 3.33. The first-order valence-electron chi connectivity index (χ1n) is 4.76. The number of esters is 1. The second-order valence-corrected chi connectivity index (χ2v) is 3.33. The van der Waals surface area contributed by atoms with Crippen LogP contribution in [0.2, 0.25) is 0 Å². The summed E-state index contributed by atoms with van der Waals surface area (Å²) in [6.07, 6.45) is 3.80. The molecule has 0 radical (unpaired) electrons. The summed E-state index contributed by atoms with van der Waals surface area (Å²) in [4.78, 5) is 11.3. The molecular formula is C12H12O2. The molecule has 0 aromatic heterocycles. The van der Waals surface area contributed by atoms with Gasteiger partial charge in [-0.15, -0.1) is 0 Å². The van der Waals surface area contributed by atoms with E-state index in [9.17, 15) is 4.79 Å². The zero-order valence-corrected chi connectivity index (χ0v) is 7.90. The Hall–Kier alpha value is -1.57. The first kappa shape index (κ1) is 9.00. The van der Waals surface area contributed by atoms with Gasteiger partial charge in [0.2, 0.25) is 0 Å². The Kier molecular flexibility index (Phi) is 2.63. The molecule has 0 saturated carbocycles. The van der Waals surface area contributed by atoms with Crippen LogP contribution < -0.4 is 0 Å². The molecule has 0 fully saturated rings. The average molecular weight is 188 g/mol. The van der Waals surface area contributed by atoms with E-state index in [-0.39, 0.29) is 5.97 Å². The number of allylic oxidation sites excluding steroid dienone is 1.